The molecule has 11 nitrogen and oxygen atoms in total. The second-order valence-electron chi connectivity index (χ2n) is 11.5. The topological polar surface area (TPSA) is 132 Å². The van der Waals surface area contributed by atoms with Gasteiger partial charge in [-0.25, -0.2) is 13.2 Å². The largest absolute Gasteiger partial charge is 0.507 e. The number of rotatable bonds is 8. The number of phenolic OH excluding ortho intramolecular Hbond substituents is 1. The Labute approximate surface area is 268 Å². The van der Waals surface area contributed by atoms with Crippen molar-refractivity contribution in [2.45, 2.75) is 31.3 Å². The second kappa shape index (κ2) is 13.6. The minimum absolute atomic E-state index is 0.0329. The van der Waals surface area contributed by atoms with E-state index >= 15 is 8.78 Å². The summed E-state index contributed by atoms with van der Waals surface area (Å²) in [5, 5.41) is 27.7. The van der Waals surface area contributed by atoms with Crippen molar-refractivity contribution in [2.24, 2.45) is 0 Å². The second-order valence-corrected chi connectivity index (χ2v) is 11.5. The lowest BCUT2D eigenvalue weighted by atomic mass is 10.0. The van der Waals surface area contributed by atoms with Crippen molar-refractivity contribution in [1.82, 2.24) is 30.0 Å². The molecule has 0 aliphatic carbocycles. The highest BCUT2D eigenvalue weighted by Crippen LogP contribution is 2.38. The van der Waals surface area contributed by atoms with Crippen LogP contribution in [0.15, 0.2) is 54.5 Å². The number of carbonyl (C=O) groups excluding carboxylic acids is 1. The van der Waals surface area contributed by atoms with Crippen molar-refractivity contribution in [2.75, 3.05) is 44.7 Å². The molecule has 0 spiro atoms. The van der Waals surface area contributed by atoms with Gasteiger partial charge in [0.1, 0.15) is 29.5 Å². The third-order valence-electron chi connectivity index (χ3n) is 8.55. The van der Waals surface area contributed by atoms with Crippen LogP contribution < -0.4 is 9.64 Å². The maximum Gasteiger partial charge on any atom is 0.319 e. The molecule has 0 bridgehead atoms. The summed E-state index contributed by atoms with van der Waals surface area (Å²) < 4.78 is 52.1. The molecule has 2 saturated heterocycles. The Kier molecular flexibility index (Phi) is 9.17. The minimum atomic E-state index is -1.05. The number of fused-ring (bicyclic) bond motifs is 1. The fourth-order valence-corrected chi connectivity index (χ4v) is 6.08. The smallest absolute Gasteiger partial charge is 0.319 e. The minimum Gasteiger partial charge on any atom is -0.507 e. The molecule has 2 atom stereocenters. The van der Waals surface area contributed by atoms with Crippen LogP contribution in [0.5, 0.6) is 11.8 Å². The Balaban J connectivity index is 1.36. The normalized spacial score (nSPS) is 18.8. The monoisotopic (exact) mass is 644 g/mol. The van der Waals surface area contributed by atoms with Gasteiger partial charge < -0.3 is 24.5 Å². The van der Waals surface area contributed by atoms with Crippen molar-refractivity contribution in [1.29, 1.82) is 5.26 Å². The van der Waals surface area contributed by atoms with Crippen LogP contribution in [0.4, 0.5) is 19.0 Å². The number of hydrogen-bond acceptors (Lipinski definition) is 10. The first-order chi connectivity index (χ1) is 22.7. The number of halogens is 3. The molecule has 2 aliphatic heterocycles. The lowest BCUT2D eigenvalue weighted by Gasteiger charge is -2.41. The van der Waals surface area contributed by atoms with Crippen molar-refractivity contribution >= 4 is 28.7 Å². The summed E-state index contributed by atoms with van der Waals surface area (Å²) in [7, 11) is 1.99. The van der Waals surface area contributed by atoms with Crippen LogP contribution in [0.3, 0.4) is 0 Å². The number of aromatic hydroxyl groups is 1. The number of nitrogens with zero attached hydrogens (tertiary/aromatic N) is 8. The summed E-state index contributed by atoms with van der Waals surface area (Å²) >= 11 is 0. The standard InChI is InChI=1S/C33H31F3N8O3/c1-42-14-4-6-22(42)19-47-33-39-30-24(10-9-23(29(30)36)28-25(34)7-2-8-27(28)45)31(40-33)43-15-16-44(21(18-43)11-12-37)32(46)26(35)17-20-5-3-13-38-41-20/h2-3,5,7-10,13,17,21-22,45H,4,6,11,14-16,18-19H2,1H3/b26-17-. The first-order valence-electron chi connectivity index (χ1n) is 15.1. The van der Waals surface area contributed by atoms with Crippen LogP contribution in [-0.4, -0.2) is 92.9 Å². The van der Waals surface area contributed by atoms with E-state index in [1.165, 1.54) is 41.4 Å². The van der Waals surface area contributed by atoms with Crippen molar-refractivity contribution in [3.8, 4) is 29.0 Å². The summed E-state index contributed by atoms with van der Waals surface area (Å²) in [6.07, 6.45) is 4.23. The lowest BCUT2D eigenvalue weighted by Crippen LogP contribution is -2.55. The molecule has 1 N–H and O–H groups in total. The highest BCUT2D eigenvalue weighted by Gasteiger charge is 2.34. The van der Waals surface area contributed by atoms with Gasteiger partial charge >= 0.3 is 6.01 Å². The van der Waals surface area contributed by atoms with Crippen LogP contribution in [0, 0.1) is 23.0 Å². The lowest BCUT2D eigenvalue weighted by molar-refractivity contribution is -0.131. The van der Waals surface area contributed by atoms with Crippen LogP contribution in [-0.2, 0) is 4.79 Å². The van der Waals surface area contributed by atoms with E-state index in [1.807, 2.05) is 7.05 Å². The zero-order valence-corrected chi connectivity index (χ0v) is 25.5. The van der Waals surface area contributed by atoms with E-state index in [-0.39, 0.29) is 78.3 Å². The Morgan fingerprint density at radius 2 is 1.98 bits per heavy atom. The number of carbonyl (C=O) groups is 1. The van der Waals surface area contributed by atoms with Gasteiger partial charge in [-0.3, -0.25) is 4.79 Å². The molecule has 0 radical (unpaired) electrons. The van der Waals surface area contributed by atoms with Crippen LogP contribution in [0.25, 0.3) is 28.1 Å². The van der Waals surface area contributed by atoms with Gasteiger partial charge in [-0.1, -0.05) is 12.1 Å². The quantitative estimate of drug-likeness (QED) is 0.274. The van der Waals surface area contributed by atoms with E-state index in [2.05, 4.69) is 31.1 Å². The van der Waals surface area contributed by atoms with Gasteiger partial charge in [0.25, 0.3) is 5.91 Å². The number of ether oxygens (including phenoxy) is 1. The number of piperazine rings is 1. The Morgan fingerprint density at radius 1 is 1.13 bits per heavy atom. The van der Waals surface area contributed by atoms with Gasteiger partial charge in [-0.15, -0.1) is 0 Å². The maximum atomic E-state index is 16.3. The number of hydrogen-bond donors (Lipinski definition) is 1. The van der Waals surface area contributed by atoms with Crippen molar-refractivity contribution in [3.05, 3.63) is 71.8 Å². The Hall–Kier alpha value is -5.29. The molecule has 14 heteroatoms. The first kappa shape index (κ1) is 31.7. The molecule has 242 valence electrons. The van der Waals surface area contributed by atoms with Crippen molar-refractivity contribution < 1.29 is 27.8 Å². The van der Waals surface area contributed by atoms with Crippen LogP contribution in [0.1, 0.15) is 25.0 Å². The molecule has 2 aromatic heterocycles. The fraction of sp³-hybridized carbons (Fsp3) is 0.333. The van der Waals surface area contributed by atoms with E-state index in [0.717, 1.165) is 31.5 Å². The van der Waals surface area contributed by atoms with Gasteiger partial charge in [0.2, 0.25) is 0 Å². The number of aromatic nitrogens is 4. The van der Waals surface area contributed by atoms with Crippen LogP contribution in [0.2, 0.25) is 0 Å². The molecule has 47 heavy (non-hydrogen) atoms. The van der Waals surface area contributed by atoms with Gasteiger partial charge in [0, 0.05) is 48.9 Å². The van der Waals surface area contributed by atoms with Crippen molar-refractivity contribution in [3.63, 3.8) is 0 Å². The zero-order valence-electron chi connectivity index (χ0n) is 25.5. The highest BCUT2D eigenvalue weighted by atomic mass is 19.1. The molecule has 2 aliphatic rings. The Bertz CT molecular complexity index is 1850. The van der Waals surface area contributed by atoms with Gasteiger partial charge in [0.15, 0.2) is 11.6 Å². The summed E-state index contributed by atoms with van der Waals surface area (Å²) in [5.41, 5.74) is -0.483. The Morgan fingerprint density at radius 3 is 2.70 bits per heavy atom. The number of nitriles is 1. The van der Waals surface area contributed by atoms with E-state index in [1.54, 1.807) is 11.0 Å². The molecule has 2 aromatic carbocycles. The SMILES string of the molecule is CN1CCCC1COc1nc(N2CCN(C(=O)/C(F)=C/c3cccnn3)C(CC#N)C2)c2ccc(-c3c(O)cccc3F)c(F)c2n1. The van der Waals surface area contributed by atoms with E-state index in [0.29, 0.717) is 0 Å². The molecule has 4 heterocycles. The fourth-order valence-electron chi connectivity index (χ4n) is 6.08. The van der Waals surface area contributed by atoms with Gasteiger partial charge in [0.05, 0.1) is 29.8 Å². The van der Waals surface area contributed by atoms with E-state index < -0.39 is 35.2 Å². The first-order valence-corrected chi connectivity index (χ1v) is 15.1. The molecule has 2 fully saturated rings. The summed E-state index contributed by atoms with van der Waals surface area (Å²) in [6.45, 7) is 1.45. The molecule has 2 unspecified atom stereocenters. The van der Waals surface area contributed by atoms with Crippen LogP contribution >= 0.6 is 0 Å². The average Bonchev–Trinajstić information content (AvgIpc) is 3.49. The molecule has 1 amide bonds. The number of likely N-dealkylation sites (N-methyl/N-ethyl adjacent to an activating group) is 1. The van der Waals surface area contributed by atoms with Gasteiger partial charge in [-0.05, 0) is 56.8 Å². The van der Waals surface area contributed by atoms with Gasteiger partial charge in [-0.2, -0.15) is 25.4 Å². The average molecular weight is 645 g/mol. The third kappa shape index (κ3) is 6.52. The third-order valence-corrected chi connectivity index (χ3v) is 8.55. The number of anilines is 1. The zero-order chi connectivity index (χ0) is 33.1. The highest BCUT2D eigenvalue weighted by molar-refractivity contribution is 5.96. The molecule has 0 saturated carbocycles. The number of phenols is 1. The summed E-state index contributed by atoms with van der Waals surface area (Å²) in [6, 6.07) is 11.0. The summed E-state index contributed by atoms with van der Waals surface area (Å²) in [5.74, 6) is -3.79. The van der Waals surface area contributed by atoms with E-state index in [9.17, 15) is 19.6 Å². The predicted molar refractivity (Wildman–Crippen MR) is 167 cm³/mol. The molecule has 6 rings (SSSR count). The molecule has 4 aromatic rings. The molecular weight excluding hydrogens is 613 g/mol. The maximum absolute atomic E-state index is 16.3. The number of likely N-dealkylation sites (tertiary alicyclic amines) is 1. The molecular formula is C33H31F3N8O3. The summed E-state index contributed by atoms with van der Waals surface area (Å²) in [4.78, 5) is 27.4. The number of amides is 1. The van der Waals surface area contributed by atoms with E-state index in [4.69, 9.17) is 4.74 Å². The number of benzene rings is 2. The predicted octanol–water partition coefficient (Wildman–Crippen LogP) is 4.49.